The average Bonchev–Trinajstić information content (AvgIpc) is 3.33. The zero-order chi connectivity index (χ0) is 47.4. The molecule has 17 aliphatic carbocycles. The number of hydrogen-bond acceptors (Lipinski definition) is 4. The van der Waals surface area contributed by atoms with Crippen molar-refractivity contribution >= 4 is 0 Å². The molecule has 4 N–H and O–H groups in total. The molecule has 0 aromatic heterocycles. The molecule has 21 rings (SSSR count). The highest BCUT2D eigenvalue weighted by molar-refractivity contribution is 5.59. The number of fused-ring (bicyclic) bond motifs is 8. The summed E-state index contributed by atoms with van der Waals surface area (Å²) in [6.07, 6.45) is 29.2. The minimum absolute atomic E-state index is 0.361. The summed E-state index contributed by atoms with van der Waals surface area (Å²) in [4.78, 5) is 0. The lowest BCUT2D eigenvalue weighted by Crippen LogP contribution is -2.43. The zero-order valence-corrected chi connectivity index (χ0v) is 42.9. The van der Waals surface area contributed by atoms with Crippen LogP contribution in [0.15, 0.2) is 48.5 Å². The summed E-state index contributed by atoms with van der Waals surface area (Å²) >= 11 is 0. The summed E-state index contributed by atoms with van der Waals surface area (Å²) < 4.78 is 0. The topological polar surface area (TPSA) is 80.9 Å². The van der Waals surface area contributed by atoms with Crippen LogP contribution in [0.1, 0.15) is 219 Å². The van der Waals surface area contributed by atoms with Crippen LogP contribution in [-0.4, -0.2) is 20.4 Å². The van der Waals surface area contributed by atoms with Crippen molar-refractivity contribution in [3.8, 4) is 23.0 Å². The van der Waals surface area contributed by atoms with Gasteiger partial charge in [-0.3, -0.25) is 0 Å². The Labute approximate surface area is 429 Å². The molecule has 0 atom stereocenters. The predicted molar refractivity (Wildman–Crippen MR) is 283 cm³/mol. The second-order valence-electron chi connectivity index (χ2n) is 29.3. The molecule has 16 fully saturated rings. The molecular formula is C68H80O4. The summed E-state index contributed by atoms with van der Waals surface area (Å²) in [6.45, 7) is 0. The van der Waals surface area contributed by atoms with Crippen molar-refractivity contribution < 1.29 is 20.4 Å². The van der Waals surface area contributed by atoms with Gasteiger partial charge >= 0.3 is 0 Å². The van der Waals surface area contributed by atoms with E-state index in [2.05, 4.69) is 48.5 Å². The monoisotopic (exact) mass is 961 g/mol. The van der Waals surface area contributed by atoms with E-state index in [1.165, 1.54) is 151 Å². The highest BCUT2D eigenvalue weighted by Crippen LogP contribution is 2.65. The van der Waals surface area contributed by atoms with Crippen LogP contribution in [0.3, 0.4) is 0 Å². The Bertz CT molecular complexity index is 2310. The van der Waals surface area contributed by atoms with Crippen LogP contribution in [-0.2, 0) is 25.7 Å². The molecule has 0 aliphatic heterocycles. The first-order valence-corrected chi connectivity index (χ1v) is 30.5. The maximum atomic E-state index is 12.9. The van der Waals surface area contributed by atoms with Crippen LogP contribution < -0.4 is 0 Å². The fourth-order valence-corrected chi connectivity index (χ4v) is 23.7. The van der Waals surface area contributed by atoms with Gasteiger partial charge in [-0.1, -0.05) is 48.5 Å². The van der Waals surface area contributed by atoms with Crippen molar-refractivity contribution in [2.24, 2.45) is 94.7 Å². The second-order valence-corrected chi connectivity index (χ2v) is 29.3. The van der Waals surface area contributed by atoms with Gasteiger partial charge in [-0.05, 0) is 314 Å². The van der Waals surface area contributed by atoms with Crippen LogP contribution >= 0.6 is 0 Å². The average molecular weight is 961 g/mol. The molecule has 4 aromatic carbocycles. The van der Waals surface area contributed by atoms with Crippen LogP contribution in [0, 0.1) is 94.7 Å². The molecule has 0 amide bonds. The number of hydrogen-bond donors (Lipinski definition) is 4. The Balaban J connectivity index is 0.857. The normalized spacial score (nSPS) is 43.0. The Morgan fingerprint density at radius 1 is 0.208 bits per heavy atom. The van der Waals surface area contributed by atoms with Gasteiger partial charge in [0.25, 0.3) is 0 Å². The molecule has 0 heterocycles. The van der Waals surface area contributed by atoms with Gasteiger partial charge in [-0.2, -0.15) is 0 Å². The summed E-state index contributed by atoms with van der Waals surface area (Å²) in [5.74, 6) is 16.2. The molecule has 72 heavy (non-hydrogen) atoms. The van der Waals surface area contributed by atoms with Crippen molar-refractivity contribution in [2.75, 3.05) is 0 Å². The van der Waals surface area contributed by atoms with Crippen LogP contribution in [0.25, 0.3) is 0 Å². The molecule has 0 unspecified atom stereocenters. The summed E-state index contributed by atoms with van der Waals surface area (Å²) in [5, 5.41) is 51.7. The predicted octanol–water partition coefficient (Wildman–Crippen LogP) is 15.3. The first-order valence-electron chi connectivity index (χ1n) is 30.5. The van der Waals surface area contributed by atoms with Crippen molar-refractivity contribution in [3.63, 3.8) is 0 Å². The molecule has 0 saturated heterocycles. The highest BCUT2D eigenvalue weighted by atomic mass is 16.3. The van der Waals surface area contributed by atoms with Crippen molar-refractivity contribution in [3.05, 3.63) is 115 Å². The van der Waals surface area contributed by atoms with Crippen molar-refractivity contribution in [2.45, 2.75) is 178 Å². The molecular weight excluding hydrogens is 881 g/mol. The highest BCUT2D eigenvalue weighted by Gasteiger charge is 2.53. The summed E-state index contributed by atoms with van der Waals surface area (Å²) in [6, 6.07) is 19.2. The molecule has 24 bridgehead atoms. The number of aromatic hydroxyl groups is 4. The Morgan fingerprint density at radius 3 is 0.486 bits per heavy atom. The van der Waals surface area contributed by atoms with E-state index in [0.717, 1.165) is 91.9 Å². The van der Waals surface area contributed by atoms with Gasteiger partial charge in [0.1, 0.15) is 23.0 Å². The van der Waals surface area contributed by atoms with Crippen molar-refractivity contribution in [1.82, 2.24) is 0 Å². The van der Waals surface area contributed by atoms with Gasteiger partial charge in [0.2, 0.25) is 0 Å². The molecule has 4 heteroatoms. The van der Waals surface area contributed by atoms with E-state index in [1.54, 1.807) is 0 Å². The van der Waals surface area contributed by atoms with Crippen LogP contribution in [0.4, 0.5) is 0 Å². The molecule has 17 aliphatic rings. The van der Waals surface area contributed by atoms with Gasteiger partial charge in [0.15, 0.2) is 0 Å². The lowest BCUT2D eigenvalue weighted by atomic mass is 9.50. The van der Waals surface area contributed by atoms with Gasteiger partial charge in [-0.25, -0.2) is 0 Å². The molecule has 376 valence electrons. The smallest absolute Gasteiger partial charge is 0.122 e. The number of phenols is 4. The van der Waals surface area contributed by atoms with Gasteiger partial charge < -0.3 is 20.4 Å². The number of phenolic OH excluding ortho intramolecular Hbond substituents is 4. The fourth-order valence-electron chi connectivity index (χ4n) is 23.7. The lowest BCUT2D eigenvalue weighted by Gasteiger charge is -2.55. The van der Waals surface area contributed by atoms with Gasteiger partial charge in [0, 0.05) is 25.7 Å². The Morgan fingerprint density at radius 2 is 0.347 bits per heavy atom. The van der Waals surface area contributed by atoms with E-state index in [0.29, 0.717) is 120 Å². The maximum absolute atomic E-state index is 12.9. The summed E-state index contributed by atoms with van der Waals surface area (Å²) in [5.41, 5.74) is 13.1. The molecule has 16 saturated carbocycles. The molecule has 0 radical (unpaired) electrons. The van der Waals surface area contributed by atoms with Crippen molar-refractivity contribution in [1.29, 1.82) is 0 Å². The summed E-state index contributed by atoms with van der Waals surface area (Å²) in [7, 11) is 0. The number of benzene rings is 4. The van der Waals surface area contributed by atoms with E-state index in [1.807, 2.05) is 0 Å². The third kappa shape index (κ3) is 6.72. The zero-order valence-electron chi connectivity index (χ0n) is 42.9. The quantitative estimate of drug-likeness (QED) is 0.145. The Hall–Kier alpha value is -3.92. The Kier molecular flexibility index (Phi) is 9.52. The van der Waals surface area contributed by atoms with Crippen LogP contribution in [0.5, 0.6) is 23.0 Å². The maximum Gasteiger partial charge on any atom is 0.122 e. The van der Waals surface area contributed by atoms with E-state index in [9.17, 15) is 20.4 Å². The number of rotatable bonds is 4. The first-order chi connectivity index (χ1) is 35.1. The standard InChI is InChI=1S/C68H80O4/c69-65-53-21-49(61-41-5-33-1-34(7-41)8-42(61)6-33)22-54(65)30-56-24-51(63-45-13-37-3-38(15-45)16-46(63)14-37)26-58(67(56)71)32-60-28-52(64-47-17-39-4-40(19-47)20-48(64)18-39)27-59(68(60)72)31-57-25-50(23-55(29-53)66(57)70)62-43-9-35-2-36(11-43)12-44(62)10-35/h21-28,33-48,61-64,69-72H,1-20,29-32H2. The third-order valence-corrected chi connectivity index (χ3v) is 25.1. The van der Waals surface area contributed by atoms with E-state index in [4.69, 9.17) is 0 Å². The SMILES string of the molecule is Oc1c2cc(C3C4CC5CC(C4)CC3C5)cc1Cc1cc(C3C4CC5CC(C4)CC3C5)cc(c1O)Cc1cc(C3C4CC5CC(C4)CC3C5)cc(c1O)Cc1cc(C3C4CC5CC(C4)CC3C5)cc(c1O)C2. The first kappa shape index (κ1) is 43.3. The van der Waals surface area contributed by atoms with E-state index >= 15 is 0 Å². The van der Waals surface area contributed by atoms with Crippen LogP contribution in [0.2, 0.25) is 0 Å². The third-order valence-electron chi connectivity index (χ3n) is 25.1. The second kappa shape index (κ2) is 15.8. The van der Waals surface area contributed by atoms with E-state index < -0.39 is 0 Å². The van der Waals surface area contributed by atoms with Gasteiger partial charge in [-0.15, -0.1) is 0 Å². The van der Waals surface area contributed by atoms with E-state index in [-0.39, 0.29) is 0 Å². The largest absolute Gasteiger partial charge is 0.507 e. The molecule has 0 spiro atoms. The van der Waals surface area contributed by atoms with Gasteiger partial charge in [0.05, 0.1) is 0 Å². The minimum Gasteiger partial charge on any atom is -0.507 e. The minimum atomic E-state index is 0.361. The lowest BCUT2D eigenvalue weighted by molar-refractivity contribution is -0.00289. The fraction of sp³-hybridized carbons (Fsp3) is 0.647. The molecule has 4 aromatic rings. The molecule has 4 nitrogen and oxygen atoms in total.